The first kappa shape index (κ1) is 12.5. The van der Waals surface area contributed by atoms with Crippen LogP contribution in [0.25, 0.3) is 0 Å². The van der Waals surface area contributed by atoms with Crippen LogP contribution in [0.15, 0.2) is 12.4 Å². The van der Waals surface area contributed by atoms with Crippen molar-refractivity contribution in [3.05, 3.63) is 18.0 Å². The molecule has 96 valence electrons. The largest absolute Gasteiger partial charge is 0.385 e. The molecule has 1 aliphatic heterocycles. The van der Waals surface area contributed by atoms with Crippen molar-refractivity contribution in [2.24, 2.45) is 0 Å². The molecule has 5 nitrogen and oxygen atoms in total. The Balaban J connectivity index is 2.18. The number of hydrogen-bond donors (Lipinski definition) is 1. The van der Waals surface area contributed by atoms with E-state index < -0.39 is 11.7 Å². The van der Waals surface area contributed by atoms with E-state index in [-0.39, 0.29) is 0 Å². The smallest absolute Gasteiger partial charge is 0.111 e. The van der Waals surface area contributed by atoms with Gasteiger partial charge in [0.25, 0.3) is 0 Å². The number of aliphatic hydroxyl groups is 1. The fraction of sp³-hybridized carbons (Fsp3) is 0.750. The number of aryl methyl sites for hydroxylation is 1. The Morgan fingerprint density at radius 3 is 2.82 bits per heavy atom. The summed E-state index contributed by atoms with van der Waals surface area (Å²) in [5, 5.41) is 14.7. The molecule has 0 radical (unpaired) electrons. The minimum Gasteiger partial charge on any atom is -0.385 e. The summed E-state index contributed by atoms with van der Waals surface area (Å²) >= 11 is 0. The molecule has 0 bridgehead atoms. The Labute approximate surface area is 101 Å². The van der Waals surface area contributed by atoms with E-state index in [2.05, 4.69) is 5.10 Å². The van der Waals surface area contributed by atoms with E-state index in [1.165, 1.54) is 0 Å². The van der Waals surface area contributed by atoms with Gasteiger partial charge in [0.2, 0.25) is 0 Å². The van der Waals surface area contributed by atoms with E-state index in [1.807, 2.05) is 13.1 Å². The zero-order valence-electron chi connectivity index (χ0n) is 10.4. The molecule has 0 saturated carbocycles. The van der Waals surface area contributed by atoms with Gasteiger partial charge < -0.3 is 14.6 Å². The lowest BCUT2D eigenvalue weighted by Gasteiger charge is -2.39. The molecule has 1 N–H and O–H groups in total. The van der Waals surface area contributed by atoms with Crippen LogP contribution in [-0.4, -0.2) is 40.8 Å². The van der Waals surface area contributed by atoms with Gasteiger partial charge in [-0.05, 0) is 6.92 Å². The van der Waals surface area contributed by atoms with E-state index in [0.717, 1.165) is 12.1 Å². The number of methoxy groups -OCH3 is 1. The number of hydrogen-bond acceptors (Lipinski definition) is 4. The first-order valence-corrected chi connectivity index (χ1v) is 6.05. The summed E-state index contributed by atoms with van der Waals surface area (Å²) in [5.41, 5.74) is 0.287. The van der Waals surface area contributed by atoms with Crippen LogP contribution >= 0.6 is 0 Å². The van der Waals surface area contributed by atoms with E-state index in [9.17, 15) is 5.11 Å². The zero-order valence-corrected chi connectivity index (χ0v) is 10.4. The van der Waals surface area contributed by atoms with Crippen molar-refractivity contribution in [2.75, 3.05) is 20.3 Å². The van der Waals surface area contributed by atoms with Crippen molar-refractivity contribution in [3.63, 3.8) is 0 Å². The molecule has 2 heterocycles. The van der Waals surface area contributed by atoms with Gasteiger partial charge in [0, 0.05) is 51.5 Å². The molecule has 1 unspecified atom stereocenters. The summed E-state index contributed by atoms with van der Waals surface area (Å²) in [7, 11) is 1.65. The van der Waals surface area contributed by atoms with Crippen LogP contribution in [0.3, 0.4) is 0 Å². The normalized spacial score (nSPS) is 21.4. The summed E-state index contributed by atoms with van der Waals surface area (Å²) < 4.78 is 12.7. The fourth-order valence-electron chi connectivity index (χ4n) is 2.30. The van der Waals surface area contributed by atoms with Gasteiger partial charge in [0.05, 0.1) is 6.20 Å². The van der Waals surface area contributed by atoms with Crippen LogP contribution in [0.2, 0.25) is 0 Å². The van der Waals surface area contributed by atoms with E-state index in [4.69, 9.17) is 9.47 Å². The first-order chi connectivity index (χ1) is 8.22. The molecule has 1 aliphatic rings. The van der Waals surface area contributed by atoms with Crippen molar-refractivity contribution >= 4 is 0 Å². The van der Waals surface area contributed by atoms with E-state index in [0.29, 0.717) is 26.1 Å². The quantitative estimate of drug-likeness (QED) is 0.857. The maximum absolute atomic E-state index is 10.5. The van der Waals surface area contributed by atoms with Gasteiger partial charge in [-0.25, -0.2) is 0 Å². The highest BCUT2D eigenvalue weighted by Gasteiger charge is 2.41. The summed E-state index contributed by atoms with van der Waals surface area (Å²) in [6, 6.07) is 0. The van der Waals surface area contributed by atoms with Crippen molar-refractivity contribution < 1.29 is 14.6 Å². The number of aliphatic hydroxyl groups excluding tert-OH is 1. The molecule has 5 heteroatoms. The molecule has 0 amide bonds. The number of aromatic nitrogens is 2. The summed E-state index contributed by atoms with van der Waals surface area (Å²) in [4.78, 5) is 0. The van der Waals surface area contributed by atoms with Gasteiger partial charge in [-0.1, -0.05) is 0 Å². The summed E-state index contributed by atoms with van der Waals surface area (Å²) in [6.07, 6.45) is 4.37. The van der Waals surface area contributed by atoms with E-state index in [1.54, 1.807) is 18.0 Å². The molecule has 1 aromatic heterocycles. The van der Waals surface area contributed by atoms with Gasteiger partial charge in [-0.2, -0.15) is 5.10 Å². The van der Waals surface area contributed by atoms with Crippen LogP contribution in [0.4, 0.5) is 0 Å². The second kappa shape index (κ2) is 5.16. The Kier molecular flexibility index (Phi) is 3.81. The molecule has 0 aromatic carbocycles. The van der Waals surface area contributed by atoms with Crippen molar-refractivity contribution in [3.8, 4) is 0 Å². The van der Waals surface area contributed by atoms with Gasteiger partial charge in [-0.15, -0.1) is 0 Å². The second-order valence-electron chi connectivity index (χ2n) is 4.41. The average Bonchev–Trinajstić information content (AvgIpc) is 2.87. The molecular weight excluding hydrogens is 220 g/mol. The number of rotatable bonds is 4. The third-order valence-electron chi connectivity index (χ3n) is 3.54. The lowest BCUT2D eigenvalue weighted by Crippen LogP contribution is -2.43. The Bertz CT molecular complexity index is 358. The highest BCUT2D eigenvalue weighted by atomic mass is 16.5. The van der Waals surface area contributed by atoms with Gasteiger partial charge in [-0.3, -0.25) is 4.68 Å². The molecule has 1 saturated heterocycles. The summed E-state index contributed by atoms with van der Waals surface area (Å²) in [6.45, 7) is 4.08. The minimum absolute atomic E-state index is 0.528. The van der Waals surface area contributed by atoms with Gasteiger partial charge in [0.15, 0.2) is 0 Å². The second-order valence-corrected chi connectivity index (χ2v) is 4.41. The Morgan fingerprint density at radius 1 is 1.59 bits per heavy atom. The predicted octanol–water partition coefficient (Wildman–Crippen LogP) is 1.13. The molecule has 1 atom stereocenters. The number of nitrogens with zero attached hydrogens (tertiary/aromatic N) is 2. The van der Waals surface area contributed by atoms with E-state index >= 15 is 0 Å². The lowest BCUT2D eigenvalue weighted by molar-refractivity contribution is -0.154. The molecule has 17 heavy (non-hydrogen) atoms. The number of ether oxygens (including phenoxy) is 2. The predicted molar refractivity (Wildman–Crippen MR) is 62.7 cm³/mol. The molecule has 0 aliphatic carbocycles. The highest BCUT2D eigenvalue weighted by Crippen LogP contribution is 2.36. The minimum atomic E-state index is -0.642. The van der Waals surface area contributed by atoms with Crippen molar-refractivity contribution in [1.29, 1.82) is 0 Å². The third-order valence-corrected chi connectivity index (χ3v) is 3.54. The Hall–Kier alpha value is -0.910. The highest BCUT2D eigenvalue weighted by molar-refractivity contribution is 5.14. The maximum atomic E-state index is 10.5. The zero-order chi connectivity index (χ0) is 12.3. The van der Waals surface area contributed by atoms with Gasteiger partial charge >= 0.3 is 0 Å². The average molecular weight is 240 g/mol. The van der Waals surface area contributed by atoms with Crippen LogP contribution in [-0.2, 0) is 16.0 Å². The third kappa shape index (κ3) is 2.36. The molecule has 2 rings (SSSR count). The fourth-order valence-corrected chi connectivity index (χ4v) is 2.30. The summed E-state index contributed by atoms with van der Waals surface area (Å²) in [5.74, 6) is 0. The molecule has 1 aromatic rings. The lowest BCUT2D eigenvalue weighted by atomic mass is 9.85. The van der Waals surface area contributed by atoms with Crippen molar-refractivity contribution in [1.82, 2.24) is 9.78 Å². The van der Waals surface area contributed by atoms with Crippen LogP contribution < -0.4 is 0 Å². The molecular formula is C12H20N2O3. The Morgan fingerprint density at radius 2 is 2.29 bits per heavy atom. The van der Waals surface area contributed by atoms with Crippen molar-refractivity contribution in [2.45, 2.75) is 38.0 Å². The van der Waals surface area contributed by atoms with Crippen LogP contribution in [0.1, 0.15) is 31.4 Å². The first-order valence-electron chi connectivity index (χ1n) is 6.05. The maximum Gasteiger partial charge on any atom is 0.111 e. The molecule has 0 spiro atoms. The van der Waals surface area contributed by atoms with Crippen LogP contribution in [0.5, 0.6) is 0 Å². The standard InChI is InChI=1S/C12H20N2O3/c1-3-14-9-10(8-13-14)11(15)12(16-2)4-6-17-7-5-12/h8-9,11,15H,3-7H2,1-2H3. The topological polar surface area (TPSA) is 56.5 Å². The SMILES string of the molecule is CCn1cc(C(O)C2(OC)CCOCC2)cn1. The monoisotopic (exact) mass is 240 g/mol. The molecule has 1 fully saturated rings. The van der Waals surface area contributed by atoms with Crippen LogP contribution in [0, 0.1) is 0 Å². The van der Waals surface area contributed by atoms with Gasteiger partial charge in [0.1, 0.15) is 11.7 Å².